The third-order valence-corrected chi connectivity index (χ3v) is 3.05. The Labute approximate surface area is 115 Å². The molecule has 0 aliphatic heterocycles. The highest BCUT2D eigenvalue weighted by molar-refractivity contribution is 6.30. The van der Waals surface area contributed by atoms with E-state index in [-0.39, 0.29) is 17.1 Å². The fraction of sp³-hybridized carbons (Fsp3) is 0.417. The summed E-state index contributed by atoms with van der Waals surface area (Å²) in [5.41, 5.74) is 5.58. The van der Waals surface area contributed by atoms with E-state index < -0.39 is 16.8 Å². The molecule has 3 N–H and O–H groups in total. The molecule has 7 heteroatoms. The maximum Gasteiger partial charge on any atom is 0.306 e. The lowest BCUT2D eigenvalue weighted by atomic mass is 9.94. The van der Waals surface area contributed by atoms with Crippen molar-refractivity contribution in [2.24, 2.45) is 11.7 Å². The first-order valence-corrected chi connectivity index (χ1v) is 6.19. The van der Waals surface area contributed by atoms with E-state index in [9.17, 15) is 14.9 Å². The van der Waals surface area contributed by atoms with Crippen LogP contribution in [0.1, 0.15) is 18.4 Å². The number of nitro groups is 1. The Kier molecular flexibility index (Phi) is 5.72. The molecule has 1 unspecified atom stereocenters. The van der Waals surface area contributed by atoms with Gasteiger partial charge < -0.3 is 10.8 Å². The van der Waals surface area contributed by atoms with Crippen LogP contribution in [0, 0.1) is 16.0 Å². The molecule has 0 saturated heterocycles. The van der Waals surface area contributed by atoms with Crippen molar-refractivity contribution in [2.45, 2.75) is 19.3 Å². The van der Waals surface area contributed by atoms with Crippen molar-refractivity contribution in [2.75, 3.05) is 6.54 Å². The summed E-state index contributed by atoms with van der Waals surface area (Å²) in [6, 6.07) is 4.25. The molecule has 0 saturated carbocycles. The molecule has 19 heavy (non-hydrogen) atoms. The molecule has 0 aliphatic rings. The van der Waals surface area contributed by atoms with Gasteiger partial charge in [0.15, 0.2) is 0 Å². The predicted octanol–water partition coefficient (Wildman–Crippen LogP) is 2.23. The molecule has 104 valence electrons. The Morgan fingerprint density at radius 2 is 2.21 bits per heavy atom. The highest BCUT2D eigenvalue weighted by atomic mass is 35.5. The number of hydrogen-bond acceptors (Lipinski definition) is 4. The number of hydrogen-bond donors (Lipinski definition) is 2. The molecule has 0 fully saturated rings. The van der Waals surface area contributed by atoms with E-state index in [4.69, 9.17) is 22.4 Å². The zero-order valence-electron chi connectivity index (χ0n) is 10.2. The number of carboxylic acids is 1. The maximum absolute atomic E-state index is 11.1. The summed E-state index contributed by atoms with van der Waals surface area (Å²) in [7, 11) is 0. The van der Waals surface area contributed by atoms with Gasteiger partial charge in [0.25, 0.3) is 5.69 Å². The first kappa shape index (κ1) is 15.4. The maximum atomic E-state index is 11.1. The minimum atomic E-state index is -0.974. The Hall–Kier alpha value is -1.66. The van der Waals surface area contributed by atoms with Gasteiger partial charge in [-0.05, 0) is 31.9 Å². The predicted molar refractivity (Wildman–Crippen MR) is 71.2 cm³/mol. The van der Waals surface area contributed by atoms with Crippen LogP contribution in [0.25, 0.3) is 0 Å². The summed E-state index contributed by atoms with van der Waals surface area (Å²) in [6.45, 7) is 0.395. The van der Waals surface area contributed by atoms with Crippen LogP contribution in [0.3, 0.4) is 0 Å². The van der Waals surface area contributed by atoms with Gasteiger partial charge in [0.2, 0.25) is 0 Å². The Morgan fingerprint density at radius 3 is 2.74 bits per heavy atom. The zero-order chi connectivity index (χ0) is 14.4. The fourth-order valence-electron chi connectivity index (χ4n) is 1.82. The van der Waals surface area contributed by atoms with Gasteiger partial charge in [-0.1, -0.05) is 17.7 Å². The minimum absolute atomic E-state index is 0.100. The van der Waals surface area contributed by atoms with Crippen LogP contribution in [-0.2, 0) is 11.2 Å². The average molecular weight is 287 g/mol. The number of aliphatic carboxylic acids is 1. The lowest BCUT2D eigenvalue weighted by Crippen LogP contribution is -2.18. The van der Waals surface area contributed by atoms with E-state index in [2.05, 4.69) is 0 Å². The Bertz CT molecular complexity index is 479. The third kappa shape index (κ3) is 4.50. The molecule has 1 atom stereocenters. The van der Waals surface area contributed by atoms with E-state index in [1.54, 1.807) is 0 Å². The highest BCUT2D eigenvalue weighted by Crippen LogP contribution is 2.26. The smallest absolute Gasteiger partial charge is 0.306 e. The molecular formula is C12H15ClN2O4. The lowest BCUT2D eigenvalue weighted by molar-refractivity contribution is -0.385. The SMILES string of the molecule is NCCCC(Cc1ccc(Cl)cc1[N+](=O)[O-])C(=O)O. The monoisotopic (exact) mass is 286 g/mol. The van der Waals surface area contributed by atoms with Gasteiger partial charge in [0, 0.05) is 16.7 Å². The van der Waals surface area contributed by atoms with E-state index in [0.29, 0.717) is 24.9 Å². The molecular weight excluding hydrogens is 272 g/mol. The van der Waals surface area contributed by atoms with Crippen molar-refractivity contribution in [3.63, 3.8) is 0 Å². The van der Waals surface area contributed by atoms with Gasteiger partial charge in [0.1, 0.15) is 0 Å². The van der Waals surface area contributed by atoms with Crippen LogP contribution >= 0.6 is 11.6 Å². The van der Waals surface area contributed by atoms with Crippen LogP contribution in [0.2, 0.25) is 5.02 Å². The summed E-state index contributed by atoms with van der Waals surface area (Å²) in [6.07, 6.45) is 1.06. The molecule has 0 heterocycles. The van der Waals surface area contributed by atoms with Crippen molar-refractivity contribution in [1.29, 1.82) is 0 Å². The number of rotatable bonds is 7. The zero-order valence-corrected chi connectivity index (χ0v) is 11.0. The number of carboxylic acid groups (broad SMARTS) is 1. The van der Waals surface area contributed by atoms with Crippen molar-refractivity contribution in [3.8, 4) is 0 Å². The number of benzene rings is 1. The second-order valence-corrected chi connectivity index (χ2v) is 4.64. The van der Waals surface area contributed by atoms with Crippen molar-refractivity contribution in [3.05, 3.63) is 38.9 Å². The number of nitro benzene ring substituents is 1. The minimum Gasteiger partial charge on any atom is -0.481 e. The van der Waals surface area contributed by atoms with Crippen LogP contribution < -0.4 is 5.73 Å². The molecule has 0 bridgehead atoms. The van der Waals surface area contributed by atoms with Gasteiger partial charge in [0.05, 0.1) is 10.8 Å². The number of carbonyl (C=O) groups is 1. The molecule has 1 aromatic carbocycles. The topological polar surface area (TPSA) is 106 Å². The summed E-state index contributed by atoms with van der Waals surface area (Å²) < 4.78 is 0. The van der Waals surface area contributed by atoms with Gasteiger partial charge in [-0.25, -0.2) is 0 Å². The summed E-state index contributed by atoms with van der Waals surface area (Å²) in [4.78, 5) is 21.5. The van der Waals surface area contributed by atoms with Crippen LogP contribution in [-0.4, -0.2) is 22.5 Å². The molecule has 1 aromatic rings. The van der Waals surface area contributed by atoms with Gasteiger partial charge in [-0.3, -0.25) is 14.9 Å². The summed E-state index contributed by atoms with van der Waals surface area (Å²) in [5.74, 6) is -1.65. The molecule has 1 rings (SSSR count). The third-order valence-electron chi connectivity index (χ3n) is 2.82. The molecule has 0 amide bonds. The Morgan fingerprint density at radius 1 is 1.53 bits per heavy atom. The molecule has 0 spiro atoms. The van der Waals surface area contributed by atoms with Gasteiger partial charge in [-0.2, -0.15) is 0 Å². The molecule has 0 aromatic heterocycles. The van der Waals surface area contributed by atoms with Crippen LogP contribution in [0.4, 0.5) is 5.69 Å². The second kappa shape index (κ2) is 7.06. The second-order valence-electron chi connectivity index (χ2n) is 4.20. The summed E-state index contributed by atoms with van der Waals surface area (Å²) >= 11 is 5.71. The lowest BCUT2D eigenvalue weighted by Gasteiger charge is -2.12. The fourth-order valence-corrected chi connectivity index (χ4v) is 1.99. The average Bonchev–Trinajstić information content (AvgIpc) is 2.35. The number of nitrogens with zero attached hydrogens (tertiary/aromatic N) is 1. The molecule has 6 nitrogen and oxygen atoms in total. The number of nitrogens with two attached hydrogens (primary N) is 1. The molecule has 0 aliphatic carbocycles. The van der Waals surface area contributed by atoms with E-state index in [1.165, 1.54) is 18.2 Å². The van der Waals surface area contributed by atoms with Crippen molar-refractivity contribution < 1.29 is 14.8 Å². The number of halogens is 1. The highest BCUT2D eigenvalue weighted by Gasteiger charge is 2.22. The first-order chi connectivity index (χ1) is 8.95. The van der Waals surface area contributed by atoms with Gasteiger partial charge in [-0.15, -0.1) is 0 Å². The molecule has 0 radical (unpaired) electrons. The van der Waals surface area contributed by atoms with Crippen molar-refractivity contribution in [1.82, 2.24) is 0 Å². The van der Waals surface area contributed by atoms with Crippen LogP contribution in [0.15, 0.2) is 18.2 Å². The summed E-state index contributed by atoms with van der Waals surface area (Å²) in [5, 5.41) is 20.3. The van der Waals surface area contributed by atoms with E-state index in [1.807, 2.05) is 0 Å². The van der Waals surface area contributed by atoms with Crippen LogP contribution in [0.5, 0.6) is 0 Å². The Balaban J connectivity index is 2.95. The standard InChI is InChI=1S/C12H15ClN2O4/c13-10-4-3-8(11(7-10)15(18)19)6-9(12(16)17)2-1-5-14/h3-4,7,9H,1-2,5-6,14H2,(H,16,17). The largest absolute Gasteiger partial charge is 0.481 e. The van der Waals surface area contributed by atoms with Gasteiger partial charge >= 0.3 is 5.97 Å². The van der Waals surface area contributed by atoms with Crippen molar-refractivity contribution >= 4 is 23.3 Å². The van der Waals surface area contributed by atoms with E-state index in [0.717, 1.165) is 0 Å². The first-order valence-electron chi connectivity index (χ1n) is 5.81. The van der Waals surface area contributed by atoms with E-state index >= 15 is 0 Å². The normalized spacial score (nSPS) is 12.1. The quantitative estimate of drug-likeness (QED) is 0.590.